The van der Waals surface area contributed by atoms with Crippen molar-refractivity contribution in [3.05, 3.63) is 93.9 Å². The normalized spacial score (nSPS) is 11.1. The van der Waals surface area contributed by atoms with E-state index in [0.29, 0.717) is 27.1 Å². The Kier molecular flexibility index (Phi) is 6.76. The highest BCUT2D eigenvalue weighted by molar-refractivity contribution is 7.99. The molecule has 0 bridgehead atoms. The van der Waals surface area contributed by atoms with Gasteiger partial charge in [-0.15, -0.1) is 5.10 Å². The van der Waals surface area contributed by atoms with Gasteiger partial charge >= 0.3 is 0 Å². The van der Waals surface area contributed by atoms with Gasteiger partial charge in [0.15, 0.2) is 0 Å². The fraction of sp³-hybridized carbons (Fsp3) is 0.0455. The lowest BCUT2D eigenvalue weighted by Gasteiger charge is -2.06. The van der Waals surface area contributed by atoms with Crippen LogP contribution in [0.15, 0.2) is 87.0 Å². The summed E-state index contributed by atoms with van der Waals surface area (Å²) in [6.45, 7) is 0.108. The first kappa shape index (κ1) is 22.4. The molecule has 0 saturated heterocycles. The van der Waals surface area contributed by atoms with Gasteiger partial charge in [0.1, 0.15) is 17.4 Å². The lowest BCUT2D eigenvalue weighted by atomic mass is 10.1. The number of nitrogens with zero attached hydrogens (tertiary/aromatic N) is 6. The van der Waals surface area contributed by atoms with Crippen LogP contribution in [0.25, 0.3) is 11.8 Å². The summed E-state index contributed by atoms with van der Waals surface area (Å²) in [6.07, 6.45) is 2.76. The van der Waals surface area contributed by atoms with Gasteiger partial charge in [-0.25, -0.2) is 0 Å². The van der Waals surface area contributed by atoms with Crippen LogP contribution in [0.4, 0.5) is 5.69 Å². The highest BCUT2D eigenvalue weighted by Gasteiger charge is 2.20. The van der Waals surface area contributed by atoms with Crippen LogP contribution in [0.1, 0.15) is 11.3 Å². The molecule has 2 aromatic heterocycles. The molecule has 4 rings (SSSR count). The zero-order valence-electron chi connectivity index (χ0n) is 17.4. The van der Waals surface area contributed by atoms with E-state index < -0.39 is 10.8 Å². The number of tetrazole rings is 1. The van der Waals surface area contributed by atoms with Crippen molar-refractivity contribution in [3.63, 3.8) is 0 Å². The van der Waals surface area contributed by atoms with Crippen LogP contribution in [-0.2, 0) is 11.3 Å². The number of aromatic nitrogens is 4. The zero-order valence-corrected chi connectivity index (χ0v) is 18.2. The highest BCUT2D eigenvalue weighted by Crippen LogP contribution is 2.35. The first-order valence-electron chi connectivity index (χ1n) is 9.77. The number of para-hydroxylation sites is 1. The quantitative estimate of drug-likeness (QED) is 0.175. The molecule has 0 aliphatic rings. The average Bonchev–Trinajstić information content (AvgIpc) is 3.54. The minimum Gasteiger partial charge on any atom is -0.467 e. The van der Waals surface area contributed by atoms with Crippen molar-refractivity contribution in [2.45, 2.75) is 16.6 Å². The Labute approximate surface area is 196 Å². The second-order valence-electron chi connectivity index (χ2n) is 6.73. The summed E-state index contributed by atoms with van der Waals surface area (Å²) in [5.74, 6) is -0.0949. The number of hydrogen-bond donors (Lipinski definition) is 1. The van der Waals surface area contributed by atoms with E-state index in [0.717, 1.165) is 11.8 Å². The molecule has 0 spiro atoms. The van der Waals surface area contributed by atoms with E-state index in [-0.39, 0.29) is 17.8 Å². The molecule has 2 aromatic carbocycles. The van der Waals surface area contributed by atoms with E-state index in [9.17, 15) is 20.2 Å². The third kappa shape index (κ3) is 5.17. The van der Waals surface area contributed by atoms with E-state index in [1.165, 1.54) is 29.2 Å². The fourth-order valence-electron chi connectivity index (χ4n) is 2.92. The van der Waals surface area contributed by atoms with Gasteiger partial charge < -0.3 is 9.73 Å². The standard InChI is InChI=1S/C22H15N7O4S/c23-13-16(21(30)24-14-18-7-4-10-33-18)11-15-8-9-20(19(12-15)29(31)32)34-22-25-26-27-28(22)17-5-2-1-3-6-17/h1-12H,14H2,(H,24,30)/b16-11+. The molecule has 2 heterocycles. The molecular weight excluding hydrogens is 458 g/mol. The molecular formula is C22H15N7O4S. The number of amides is 1. The SMILES string of the molecule is N#C/C(=C\c1ccc(Sc2nnnn2-c2ccccc2)c([N+](=O)[O-])c1)C(=O)NCc1ccco1. The van der Waals surface area contributed by atoms with E-state index in [1.807, 2.05) is 36.4 Å². The highest BCUT2D eigenvalue weighted by atomic mass is 32.2. The van der Waals surface area contributed by atoms with Gasteiger partial charge in [-0.05, 0) is 64.2 Å². The van der Waals surface area contributed by atoms with E-state index in [4.69, 9.17) is 4.42 Å². The number of nitrogens with one attached hydrogen (secondary N) is 1. The topological polar surface area (TPSA) is 153 Å². The van der Waals surface area contributed by atoms with Gasteiger partial charge in [-0.1, -0.05) is 24.3 Å². The molecule has 0 atom stereocenters. The molecule has 0 unspecified atom stereocenters. The Morgan fingerprint density at radius 2 is 2.06 bits per heavy atom. The van der Waals surface area contributed by atoms with Crippen molar-refractivity contribution >= 4 is 29.4 Å². The maximum Gasteiger partial charge on any atom is 0.283 e. The lowest BCUT2D eigenvalue weighted by Crippen LogP contribution is -2.23. The van der Waals surface area contributed by atoms with E-state index in [2.05, 4.69) is 20.8 Å². The zero-order chi connectivity index (χ0) is 23.9. The summed E-state index contributed by atoms with van der Waals surface area (Å²) < 4.78 is 6.61. The molecule has 0 saturated carbocycles. The number of rotatable bonds is 8. The van der Waals surface area contributed by atoms with Crippen LogP contribution >= 0.6 is 11.8 Å². The van der Waals surface area contributed by atoms with Crippen LogP contribution in [0.3, 0.4) is 0 Å². The Bertz CT molecular complexity index is 1390. The molecule has 4 aromatic rings. The van der Waals surface area contributed by atoms with Gasteiger partial charge in [-0.2, -0.15) is 9.94 Å². The van der Waals surface area contributed by atoms with Crippen molar-refractivity contribution in [3.8, 4) is 11.8 Å². The molecule has 11 nitrogen and oxygen atoms in total. The average molecular weight is 473 g/mol. The van der Waals surface area contributed by atoms with E-state index in [1.54, 1.807) is 18.2 Å². The number of furan rings is 1. The Morgan fingerprint density at radius 1 is 1.24 bits per heavy atom. The maximum atomic E-state index is 12.3. The second-order valence-corrected chi connectivity index (χ2v) is 7.74. The maximum absolute atomic E-state index is 12.3. The van der Waals surface area contributed by atoms with Gasteiger partial charge in [-0.3, -0.25) is 14.9 Å². The van der Waals surface area contributed by atoms with E-state index >= 15 is 0 Å². The summed E-state index contributed by atoms with van der Waals surface area (Å²) in [6, 6.07) is 18.7. The number of nitriles is 1. The number of nitro benzene ring substituents is 1. The molecule has 1 amide bonds. The second kappa shape index (κ2) is 10.2. The lowest BCUT2D eigenvalue weighted by molar-refractivity contribution is -0.387. The third-order valence-electron chi connectivity index (χ3n) is 4.50. The van der Waals surface area contributed by atoms with Gasteiger partial charge in [0.05, 0.1) is 28.3 Å². The van der Waals surface area contributed by atoms with Crippen LogP contribution in [0.2, 0.25) is 0 Å². The van der Waals surface area contributed by atoms with Crippen LogP contribution in [0, 0.1) is 21.4 Å². The number of carbonyl (C=O) groups is 1. The minimum absolute atomic E-state index is 0.108. The van der Waals surface area contributed by atoms with Crippen LogP contribution < -0.4 is 5.32 Å². The third-order valence-corrected chi connectivity index (χ3v) is 5.50. The first-order chi connectivity index (χ1) is 16.5. The fourth-order valence-corrected chi connectivity index (χ4v) is 3.79. The predicted octanol–water partition coefficient (Wildman–Crippen LogP) is 3.54. The molecule has 34 heavy (non-hydrogen) atoms. The summed E-state index contributed by atoms with van der Waals surface area (Å²) >= 11 is 1.03. The van der Waals surface area contributed by atoms with Crippen LogP contribution in [0.5, 0.6) is 0 Å². The molecule has 12 heteroatoms. The monoisotopic (exact) mass is 473 g/mol. The number of hydrogen-bond acceptors (Lipinski definition) is 9. The van der Waals surface area contributed by atoms with Crippen LogP contribution in [-0.4, -0.2) is 31.0 Å². The molecule has 0 radical (unpaired) electrons. The van der Waals surface area contributed by atoms with Crippen molar-refractivity contribution in [2.24, 2.45) is 0 Å². The molecule has 0 fully saturated rings. The van der Waals surface area contributed by atoms with Crippen molar-refractivity contribution in [1.82, 2.24) is 25.5 Å². The molecule has 168 valence electrons. The summed E-state index contributed by atoms with van der Waals surface area (Å²) in [4.78, 5) is 23.8. The number of nitro groups is 1. The van der Waals surface area contributed by atoms with Gasteiger partial charge in [0.25, 0.3) is 11.6 Å². The largest absolute Gasteiger partial charge is 0.467 e. The Hall–Kier alpha value is -4.76. The van der Waals surface area contributed by atoms with Gasteiger partial charge in [0, 0.05) is 6.07 Å². The number of benzene rings is 2. The summed E-state index contributed by atoms with van der Waals surface area (Å²) in [7, 11) is 0. The molecule has 1 N–H and O–H groups in total. The van der Waals surface area contributed by atoms with Gasteiger partial charge in [0.2, 0.25) is 5.16 Å². The summed E-state index contributed by atoms with van der Waals surface area (Å²) in [5.41, 5.74) is 0.615. The number of carbonyl (C=O) groups excluding carboxylic acids is 1. The Morgan fingerprint density at radius 3 is 2.76 bits per heavy atom. The predicted molar refractivity (Wildman–Crippen MR) is 121 cm³/mol. The summed E-state index contributed by atoms with van der Waals surface area (Å²) in [5, 5.41) is 35.6. The first-order valence-corrected chi connectivity index (χ1v) is 10.6. The minimum atomic E-state index is -0.623. The Balaban J connectivity index is 1.57. The van der Waals surface area contributed by atoms with Crippen molar-refractivity contribution in [1.29, 1.82) is 5.26 Å². The molecule has 0 aliphatic heterocycles. The molecule has 0 aliphatic carbocycles. The van der Waals surface area contributed by atoms with Crippen molar-refractivity contribution < 1.29 is 14.1 Å². The van der Waals surface area contributed by atoms with Crippen molar-refractivity contribution in [2.75, 3.05) is 0 Å². The smallest absolute Gasteiger partial charge is 0.283 e.